The fourth-order valence-corrected chi connectivity index (χ4v) is 9.18. The fraction of sp³-hybridized carbons (Fsp3) is 0.256. The molecule has 3 fully saturated rings. The van der Waals surface area contributed by atoms with E-state index in [9.17, 15) is 33.8 Å². The molecule has 2 aliphatic carbocycles. The van der Waals surface area contributed by atoms with E-state index in [2.05, 4.69) is 5.43 Å². The zero-order valence-corrected chi connectivity index (χ0v) is 27.7. The van der Waals surface area contributed by atoms with Gasteiger partial charge in [-0.3, -0.25) is 34.3 Å². The number of imide groups is 2. The van der Waals surface area contributed by atoms with Gasteiger partial charge in [0.05, 0.1) is 35.3 Å². The number of carboxylic acid groups (broad SMARTS) is 1. The lowest BCUT2D eigenvalue weighted by atomic mass is 9.49. The molecule has 51 heavy (non-hydrogen) atoms. The Bertz CT molecular complexity index is 2190. The van der Waals surface area contributed by atoms with Crippen molar-refractivity contribution < 1.29 is 38.6 Å². The number of anilines is 1. The van der Waals surface area contributed by atoms with E-state index in [1.165, 1.54) is 24.3 Å². The summed E-state index contributed by atoms with van der Waals surface area (Å²) >= 11 is 6.36. The van der Waals surface area contributed by atoms with E-state index in [4.69, 9.17) is 11.6 Å². The minimum atomic E-state index is -1.59. The van der Waals surface area contributed by atoms with Crippen LogP contribution in [0, 0.1) is 29.5 Å². The van der Waals surface area contributed by atoms with E-state index in [1.807, 2.05) is 18.2 Å². The van der Waals surface area contributed by atoms with Gasteiger partial charge in [0.15, 0.2) is 0 Å². The number of phenolic OH excluding ortho intramolecular Hbond substituents is 1. The van der Waals surface area contributed by atoms with Gasteiger partial charge in [0.25, 0.3) is 11.8 Å². The van der Waals surface area contributed by atoms with Crippen LogP contribution < -0.4 is 5.43 Å². The highest BCUT2D eigenvalue weighted by Crippen LogP contribution is 2.64. The van der Waals surface area contributed by atoms with E-state index >= 15 is 4.79 Å². The Morgan fingerprint density at radius 3 is 2.29 bits per heavy atom. The minimum Gasteiger partial charge on any atom is -0.507 e. The number of fused-ring (bicyclic) bond motifs is 5. The number of hydrazine groups is 1. The molecule has 10 nitrogen and oxygen atoms in total. The highest BCUT2D eigenvalue weighted by Gasteiger charge is 2.70. The number of aliphatic carboxylic acids is 1. The molecule has 258 valence electrons. The maximum atomic E-state index is 15.3. The van der Waals surface area contributed by atoms with E-state index < -0.39 is 76.8 Å². The first-order valence-corrected chi connectivity index (χ1v) is 17.0. The van der Waals surface area contributed by atoms with E-state index in [-0.39, 0.29) is 25.1 Å². The quantitative estimate of drug-likeness (QED) is 0.162. The van der Waals surface area contributed by atoms with Gasteiger partial charge < -0.3 is 10.2 Å². The van der Waals surface area contributed by atoms with Crippen LogP contribution in [0.15, 0.2) is 96.6 Å². The zero-order valence-electron chi connectivity index (χ0n) is 27.0. The van der Waals surface area contributed by atoms with Crippen LogP contribution in [0.5, 0.6) is 5.75 Å². The average Bonchev–Trinajstić information content (AvgIpc) is 3.49. The maximum absolute atomic E-state index is 15.3. The van der Waals surface area contributed by atoms with Crippen molar-refractivity contribution in [2.24, 2.45) is 23.7 Å². The fourth-order valence-electron chi connectivity index (χ4n) is 9.05. The summed E-state index contributed by atoms with van der Waals surface area (Å²) in [5.74, 6) is -7.86. The number of rotatable bonds is 7. The second-order valence-corrected chi connectivity index (χ2v) is 14.0. The van der Waals surface area contributed by atoms with Crippen molar-refractivity contribution >= 4 is 57.7 Å². The summed E-state index contributed by atoms with van der Waals surface area (Å²) in [6.07, 6.45) is 1.73. The molecule has 0 bridgehead atoms. The van der Waals surface area contributed by atoms with Crippen molar-refractivity contribution in [3.8, 4) is 5.75 Å². The van der Waals surface area contributed by atoms with Gasteiger partial charge in [-0.25, -0.2) is 4.39 Å². The summed E-state index contributed by atoms with van der Waals surface area (Å²) in [6, 6.07) is 22.5. The lowest BCUT2D eigenvalue weighted by Gasteiger charge is -2.51. The van der Waals surface area contributed by atoms with Gasteiger partial charge in [0, 0.05) is 22.9 Å². The number of aromatic hydroxyl groups is 1. The molecule has 4 aromatic carbocycles. The van der Waals surface area contributed by atoms with Gasteiger partial charge >= 0.3 is 5.97 Å². The number of carbonyl (C=O) groups excluding carboxylic acids is 4. The highest BCUT2D eigenvalue weighted by molar-refractivity contribution is 6.30. The van der Waals surface area contributed by atoms with Crippen molar-refractivity contribution in [1.82, 2.24) is 9.91 Å². The molecule has 3 N–H and O–H groups in total. The van der Waals surface area contributed by atoms with Crippen molar-refractivity contribution in [1.29, 1.82) is 0 Å². The maximum Gasteiger partial charge on any atom is 0.305 e. The van der Waals surface area contributed by atoms with Crippen molar-refractivity contribution in [3.05, 3.63) is 119 Å². The Balaban J connectivity index is 1.37. The molecule has 2 saturated heterocycles. The smallest absolute Gasteiger partial charge is 0.305 e. The lowest BCUT2D eigenvalue weighted by molar-refractivity contribution is -0.143. The van der Waals surface area contributed by atoms with E-state index in [0.29, 0.717) is 38.2 Å². The van der Waals surface area contributed by atoms with Crippen molar-refractivity contribution in [2.45, 2.75) is 30.6 Å². The van der Waals surface area contributed by atoms with Gasteiger partial charge in [0.1, 0.15) is 11.6 Å². The normalized spacial score (nSPS) is 26.9. The van der Waals surface area contributed by atoms with Gasteiger partial charge in [-0.15, -0.1) is 0 Å². The topological polar surface area (TPSA) is 144 Å². The molecular formula is C39H31ClFN3O7. The summed E-state index contributed by atoms with van der Waals surface area (Å²) in [6.45, 7) is -0.265. The number of benzene rings is 4. The number of phenols is 1. The van der Waals surface area contributed by atoms with Crippen LogP contribution in [0.25, 0.3) is 10.8 Å². The Kier molecular flexibility index (Phi) is 7.71. The SMILES string of the molecule is O=C(O)CCN1C(=O)[C@H]2[C@H](CC=C3[C@H]2C[C@H]2C(=O)N(Nc4ccc(F)cc4)C(=O)[C@@]2(c2ccc(Cl)cc2)[C@H]3c2ccc(O)c3ccccc23)C1=O. The molecule has 12 heteroatoms. The number of carboxylic acids is 1. The molecule has 0 unspecified atom stereocenters. The number of halogens is 2. The van der Waals surface area contributed by atoms with Crippen LogP contribution in [0.1, 0.15) is 36.3 Å². The average molecular weight is 708 g/mol. The van der Waals surface area contributed by atoms with Crippen molar-refractivity contribution in [2.75, 3.05) is 12.0 Å². The Morgan fingerprint density at radius 1 is 0.882 bits per heavy atom. The summed E-state index contributed by atoms with van der Waals surface area (Å²) in [4.78, 5) is 70.3. The van der Waals surface area contributed by atoms with Crippen LogP contribution >= 0.6 is 11.6 Å². The van der Waals surface area contributed by atoms with Gasteiger partial charge in [0.2, 0.25) is 11.8 Å². The summed E-state index contributed by atoms with van der Waals surface area (Å²) in [5, 5.41) is 22.8. The van der Waals surface area contributed by atoms with Gasteiger partial charge in [-0.2, -0.15) is 5.01 Å². The third-order valence-electron chi connectivity index (χ3n) is 11.1. The van der Waals surface area contributed by atoms with E-state index in [0.717, 1.165) is 9.91 Å². The lowest BCUT2D eigenvalue weighted by Crippen LogP contribution is -2.53. The molecule has 4 amide bonds. The molecule has 4 aliphatic rings. The molecule has 8 rings (SSSR count). The van der Waals surface area contributed by atoms with Crippen molar-refractivity contribution in [3.63, 3.8) is 0 Å². The largest absolute Gasteiger partial charge is 0.507 e. The zero-order chi connectivity index (χ0) is 35.8. The monoisotopic (exact) mass is 707 g/mol. The Hall–Kier alpha value is -5.55. The van der Waals surface area contributed by atoms with Gasteiger partial charge in [-0.05, 0) is 77.7 Å². The van der Waals surface area contributed by atoms with Crippen LogP contribution in [0.4, 0.5) is 10.1 Å². The second-order valence-electron chi connectivity index (χ2n) is 13.6. The predicted octanol–water partition coefficient (Wildman–Crippen LogP) is 5.80. The summed E-state index contributed by atoms with van der Waals surface area (Å²) in [7, 11) is 0. The van der Waals surface area contributed by atoms with E-state index in [1.54, 1.807) is 48.5 Å². The number of nitrogens with one attached hydrogen (secondary N) is 1. The first kappa shape index (κ1) is 32.6. The van der Waals surface area contributed by atoms with Crippen LogP contribution in [-0.4, -0.2) is 56.3 Å². The van der Waals surface area contributed by atoms with Crippen LogP contribution in [0.2, 0.25) is 5.02 Å². The van der Waals surface area contributed by atoms with Gasteiger partial charge in [-0.1, -0.05) is 65.7 Å². The number of nitrogens with zero attached hydrogens (tertiary/aromatic N) is 2. The Labute approximate surface area is 296 Å². The summed E-state index contributed by atoms with van der Waals surface area (Å²) < 4.78 is 13.9. The van der Waals surface area contributed by atoms with Crippen LogP contribution in [-0.2, 0) is 29.4 Å². The number of amides is 4. The molecule has 0 aromatic heterocycles. The molecule has 0 radical (unpaired) electrons. The second kappa shape index (κ2) is 12.1. The number of likely N-dealkylation sites (tertiary alicyclic amines) is 1. The first-order valence-electron chi connectivity index (χ1n) is 16.7. The standard InChI is InChI=1S/C39H31ClFN3O7/c40-21-7-5-20(6-8-21)39-30(36(49)44(38(39)51)42-23-11-9-22(41)10-12-23)19-29-27(34(39)26-15-16-31(45)25-4-2-1-3-24(25)26)13-14-28-33(29)37(50)43(35(28)48)18-17-32(46)47/h1-13,15-16,28-30,33-34,42,45H,14,17-19H2,(H,46,47)/t28-,29+,30-,33-,34-,39+/m0/s1. The molecule has 0 spiro atoms. The summed E-state index contributed by atoms with van der Waals surface area (Å²) in [5.41, 5.74) is 3.51. The molecule has 1 saturated carbocycles. The predicted molar refractivity (Wildman–Crippen MR) is 184 cm³/mol. The molecule has 2 aliphatic heterocycles. The molecular weight excluding hydrogens is 677 g/mol. The first-order chi connectivity index (χ1) is 24.5. The number of hydrogen-bond donors (Lipinski definition) is 3. The molecule has 4 aromatic rings. The number of hydrogen-bond acceptors (Lipinski definition) is 7. The molecule has 6 atom stereocenters. The Morgan fingerprint density at radius 2 is 1.59 bits per heavy atom. The number of carbonyl (C=O) groups is 5. The third-order valence-corrected chi connectivity index (χ3v) is 11.4. The van der Waals surface area contributed by atoms with Crippen LogP contribution in [0.3, 0.4) is 0 Å². The number of allylic oxidation sites excluding steroid dienone is 2. The molecule has 2 heterocycles. The minimum absolute atomic E-state index is 0.0237. The highest BCUT2D eigenvalue weighted by atomic mass is 35.5. The third kappa shape index (κ3) is 4.85.